The fourth-order valence-corrected chi connectivity index (χ4v) is 2.56. The van der Waals surface area contributed by atoms with Crippen LogP contribution < -0.4 is 10.3 Å². The number of rotatable bonds is 4. The monoisotopic (exact) mass is 324 g/mol. The van der Waals surface area contributed by atoms with E-state index in [0.717, 1.165) is 12.3 Å². The minimum absolute atomic E-state index is 0.0213. The second-order valence-electron chi connectivity index (χ2n) is 4.55. The SMILES string of the molecule is Cc1cc(Oc2ccc(=O)[nH]n2)c(S(C)(=O)=O)cc1C(=O)O. The lowest BCUT2D eigenvalue weighted by Gasteiger charge is -2.12. The molecule has 0 amide bonds. The molecule has 0 radical (unpaired) electrons. The normalized spacial score (nSPS) is 11.2. The van der Waals surface area contributed by atoms with Crippen LogP contribution in [0.3, 0.4) is 0 Å². The molecule has 2 N–H and O–H groups in total. The summed E-state index contributed by atoms with van der Waals surface area (Å²) in [5.74, 6) is -1.33. The Hall–Kier alpha value is -2.68. The lowest BCUT2D eigenvalue weighted by atomic mass is 10.1. The highest BCUT2D eigenvalue weighted by atomic mass is 32.2. The standard InChI is InChI=1S/C13H12N2O6S/c1-7-5-9(21-12-4-3-11(16)14-15-12)10(22(2,19)20)6-8(7)13(17)18/h3-6H,1-2H3,(H,14,16)(H,17,18). The lowest BCUT2D eigenvalue weighted by molar-refractivity contribution is 0.0696. The van der Waals surface area contributed by atoms with Gasteiger partial charge in [-0.25, -0.2) is 18.3 Å². The quantitative estimate of drug-likeness (QED) is 0.858. The van der Waals surface area contributed by atoms with E-state index in [1.54, 1.807) is 0 Å². The number of carboxylic acid groups (broad SMARTS) is 1. The predicted octanol–water partition coefficient (Wildman–Crippen LogP) is 0.972. The van der Waals surface area contributed by atoms with Gasteiger partial charge < -0.3 is 9.84 Å². The number of benzene rings is 1. The van der Waals surface area contributed by atoms with E-state index in [0.29, 0.717) is 5.56 Å². The van der Waals surface area contributed by atoms with Crippen LogP contribution in [-0.4, -0.2) is 35.9 Å². The van der Waals surface area contributed by atoms with Crippen molar-refractivity contribution in [2.75, 3.05) is 6.26 Å². The van der Waals surface area contributed by atoms with Crippen LogP contribution >= 0.6 is 0 Å². The van der Waals surface area contributed by atoms with Crippen molar-refractivity contribution in [3.8, 4) is 11.6 Å². The summed E-state index contributed by atoms with van der Waals surface area (Å²) >= 11 is 0. The third-order valence-corrected chi connectivity index (χ3v) is 3.91. The molecule has 0 aliphatic carbocycles. The summed E-state index contributed by atoms with van der Waals surface area (Å²) < 4.78 is 29.0. The molecule has 0 bridgehead atoms. The highest BCUT2D eigenvalue weighted by molar-refractivity contribution is 7.90. The molecule has 0 saturated heterocycles. The minimum atomic E-state index is -3.72. The van der Waals surface area contributed by atoms with Gasteiger partial charge in [0.1, 0.15) is 10.6 Å². The van der Waals surface area contributed by atoms with Crippen LogP contribution in [0.2, 0.25) is 0 Å². The Labute approximate surface area is 125 Å². The highest BCUT2D eigenvalue weighted by Crippen LogP contribution is 2.30. The van der Waals surface area contributed by atoms with E-state index in [1.807, 2.05) is 0 Å². The van der Waals surface area contributed by atoms with Crippen LogP contribution in [-0.2, 0) is 9.84 Å². The first-order valence-electron chi connectivity index (χ1n) is 6.00. The largest absolute Gasteiger partial charge is 0.478 e. The summed E-state index contributed by atoms with van der Waals surface area (Å²) in [7, 11) is -3.72. The van der Waals surface area contributed by atoms with E-state index in [1.165, 1.54) is 25.1 Å². The third kappa shape index (κ3) is 3.31. The summed E-state index contributed by atoms with van der Waals surface area (Å²) in [4.78, 5) is 21.8. The molecule has 0 unspecified atom stereocenters. The van der Waals surface area contributed by atoms with E-state index in [9.17, 15) is 18.0 Å². The summed E-state index contributed by atoms with van der Waals surface area (Å²) in [6.45, 7) is 1.52. The number of carbonyl (C=O) groups is 1. The number of nitrogens with zero attached hydrogens (tertiary/aromatic N) is 1. The summed E-state index contributed by atoms with van der Waals surface area (Å²) in [6.07, 6.45) is 0.941. The van der Waals surface area contributed by atoms with Crippen molar-refractivity contribution < 1.29 is 23.1 Å². The summed E-state index contributed by atoms with van der Waals surface area (Å²) in [5, 5.41) is 14.8. The van der Waals surface area contributed by atoms with Crippen LogP contribution in [0.5, 0.6) is 11.6 Å². The predicted molar refractivity (Wildman–Crippen MR) is 76.2 cm³/mol. The Morgan fingerprint density at radius 1 is 1.32 bits per heavy atom. The average Bonchev–Trinajstić information content (AvgIpc) is 2.39. The van der Waals surface area contributed by atoms with E-state index < -0.39 is 21.4 Å². The number of aryl methyl sites for hydroxylation is 1. The number of carboxylic acids is 1. The van der Waals surface area contributed by atoms with E-state index >= 15 is 0 Å². The molecule has 22 heavy (non-hydrogen) atoms. The van der Waals surface area contributed by atoms with Crippen molar-refractivity contribution in [3.63, 3.8) is 0 Å². The van der Waals surface area contributed by atoms with Gasteiger partial charge in [0.25, 0.3) is 5.56 Å². The average molecular weight is 324 g/mol. The molecule has 1 aromatic heterocycles. The first kappa shape index (κ1) is 15.7. The molecule has 0 fully saturated rings. The molecule has 1 heterocycles. The number of sulfone groups is 1. The fourth-order valence-electron chi connectivity index (χ4n) is 1.76. The molecule has 1 aromatic carbocycles. The van der Waals surface area contributed by atoms with Crippen molar-refractivity contribution in [2.24, 2.45) is 0 Å². The number of hydrogen-bond donors (Lipinski definition) is 2. The van der Waals surface area contributed by atoms with E-state index in [-0.39, 0.29) is 22.1 Å². The van der Waals surface area contributed by atoms with Gasteiger partial charge in [-0.2, -0.15) is 0 Å². The summed E-state index contributed by atoms with van der Waals surface area (Å²) in [6, 6.07) is 4.77. The molecule has 0 aliphatic heterocycles. The molecular weight excluding hydrogens is 312 g/mol. The van der Waals surface area contributed by atoms with Crippen LogP contribution in [0.1, 0.15) is 15.9 Å². The zero-order valence-corrected chi connectivity index (χ0v) is 12.5. The number of aromatic nitrogens is 2. The summed E-state index contributed by atoms with van der Waals surface area (Å²) in [5.41, 5.74) is -0.241. The Kier molecular flexibility index (Phi) is 4.00. The van der Waals surface area contributed by atoms with Gasteiger partial charge in [-0.1, -0.05) is 0 Å². The van der Waals surface area contributed by atoms with Gasteiger partial charge in [-0.05, 0) is 24.6 Å². The number of aromatic amines is 1. The maximum Gasteiger partial charge on any atom is 0.335 e. The Bertz CT molecular complexity index is 881. The molecule has 0 atom stereocenters. The smallest absolute Gasteiger partial charge is 0.335 e. The van der Waals surface area contributed by atoms with E-state index in [4.69, 9.17) is 9.84 Å². The molecule has 2 aromatic rings. The van der Waals surface area contributed by atoms with Crippen molar-refractivity contribution in [2.45, 2.75) is 11.8 Å². The second kappa shape index (κ2) is 5.60. The van der Waals surface area contributed by atoms with E-state index in [2.05, 4.69) is 10.2 Å². The fraction of sp³-hybridized carbons (Fsp3) is 0.154. The molecular formula is C13H12N2O6S. The third-order valence-electron chi connectivity index (χ3n) is 2.79. The van der Waals surface area contributed by atoms with Crippen molar-refractivity contribution in [3.05, 3.63) is 45.7 Å². The van der Waals surface area contributed by atoms with Crippen molar-refractivity contribution >= 4 is 15.8 Å². The first-order chi connectivity index (χ1) is 10.2. The topological polar surface area (TPSA) is 126 Å². The van der Waals surface area contributed by atoms with Crippen molar-refractivity contribution in [1.29, 1.82) is 0 Å². The number of hydrogen-bond acceptors (Lipinski definition) is 6. The van der Waals surface area contributed by atoms with Crippen LogP contribution in [0, 0.1) is 6.92 Å². The number of H-pyrrole nitrogens is 1. The Morgan fingerprint density at radius 3 is 2.50 bits per heavy atom. The van der Waals surface area contributed by atoms with Crippen molar-refractivity contribution in [1.82, 2.24) is 10.2 Å². The zero-order chi connectivity index (χ0) is 16.5. The number of nitrogens with one attached hydrogen (secondary N) is 1. The first-order valence-corrected chi connectivity index (χ1v) is 7.89. The van der Waals surface area contributed by atoms with Gasteiger partial charge >= 0.3 is 5.97 Å². The number of ether oxygens (including phenoxy) is 1. The highest BCUT2D eigenvalue weighted by Gasteiger charge is 2.20. The van der Waals surface area contributed by atoms with Crippen LogP contribution in [0.4, 0.5) is 0 Å². The lowest BCUT2D eigenvalue weighted by Crippen LogP contribution is -2.08. The second-order valence-corrected chi connectivity index (χ2v) is 6.54. The number of aromatic carboxylic acids is 1. The van der Waals surface area contributed by atoms with Gasteiger partial charge in [-0.15, -0.1) is 5.10 Å². The van der Waals surface area contributed by atoms with Crippen LogP contribution in [0.25, 0.3) is 0 Å². The van der Waals surface area contributed by atoms with Gasteiger partial charge in [0.05, 0.1) is 5.56 Å². The maximum atomic E-state index is 11.8. The maximum absolute atomic E-state index is 11.8. The molecule has 8 nitrogen and oxygen atoms in total. The molecule has 0 saturated carbocycles. The molecule has 9 heteroatoms. The van der Waals surface area contributed by atoms with Gasteiger partial charge in [0, 0.05) is 18.4 Å². The van der Waals surface area contributed by atoms with Crippen LogP contribution in [0.15, 0.2) is 34.0 Å². The minimum Gasteiger partial charge on any atom is -0.478 e. The zero-order valence-electron chi connectivity index (χ0n) is 11.7. The molecule has 116 valence electrons. The molecule has 0 aliphatic rings. The van der Waals surface area contributed by atoms with Gasteiger partial charge in [-0.3, -0.25) is 4.79 Å². The van der Waals surface area contributed by atoms with Gasteiger partial charge in [0.15, 0.2) is 9.84 Å². The molecule has 2 rings (SSSR count). The molecule has 0 spiro atoms. The Balaban J connectivity index is 2.59. The van der Waals surface area contributed by atoms with Gasteiger partial charge in [0.2, 0.25) is 5.88 Å². The Morgan fingerprint density at radius 2 is 2.00 bits per heavy atom.